The Balaban J connectivity index is 3.45. The van der Waals surface area contributed by atoms with Crippen LogP contribution in [0.2, 0.25) is 0 Å². The minimum atomic E-state index is -0.770. The summed E-state index contributed by atoms with van der Waals surface area (Å²) in [6.45, 7) is 3.40. The summed E-state index contributed by atoms with van der Waals surface area (Å²) in [5.74, 6) is -1.48. The third-order valence-corrected chi connectivity index (χ3v) is 3.14. The van der Waals surface area contributed by atoms with Gasteiger partial charge >= 0.3 is 5.97 Å². The van der Waals surface area contributed by atoms with E-state index < -0.39 is 11.9 Å². The lowest BCUT2D eigenvalue weighted by Gasteiger charge is -2.16. The molecule has 1 rings (SSSR count). The lowest BCUT2D eigenvalue weighted by molar-refractivity contribution is -0.115. The molecule has 9 heteroatoms. The summed E-state index contributed by atoms with van der Waals surface area (Å²) in [6, 6.07) is 4.62. The van der Waals surface area contributed by atoms with Crippen molar-refractivity contribution in [1.82, 2.24) is 0 Å². The molecular formula is C18H20N4O5. The summed E-state index contributed by atoms with van der Waals surface area (Å²) in [4.78, 5) is 34.9. The Bertz CT molecular complexity index is 837. The van der Waals surface area contributed by atoms with Crippen molar-refractivity contribution in [3.8, 4) is 11.8 Å². The van der Waals surface area contributed by atoms with Gasteiger partial charge in [-0.25, -0.2) is 4.79 Å². The van der Waals surface area contributed by atoms with Gasteiger partial charge in [-0.1, -0.05) is 0 Å². The van der Waals surface area contributed by atoms with Gasteiger partial charge in [-0.05, 0) is 19.1 Å². The Morgan fingerprint density at radius 1 is 1.30 bits per heavy atom. The van der Waals surface area contributed by atoms with Gasteiger partial charge in [-0.2, -0.15) is 5.26 Å². The zero-order valence-electron chi connectivity index (χ0n) is 15.2. The van der Waals surface area contributed by atoms with E-state index in [0.717, 1.165) is 6.08 Å². The van der Waals surface area contributed by atoms with Gasteiger partial charge in [0, 0.05) is 25.3 Å². The highest BCUT2D eigenvalue weighted by atomic mass is 16.5. The number of hydrogen-bond donors (Lipinski definition) is 3. The van der Waals surface area contributed by atoms with Crippen LogP contribution in [0.3, 0.4) is 0 Å². The number of carbonyl (C=O) groups is 3. The standard InChI is InChI=1S/C18H20N4O5/c1-4-27-16-9-14(21-10-12(17(20)24)6-5-7-19)13(18(25)26-3)8-15(16)22-11(2)23/h5-6,8-10,21H,4H2,1-3H3,(H2,20,24)(H,22,23). The molecule has 0 bridgehead atoms. The van der Waals surface area contributed by atoms with E-state index in [4.69, 9.17) is 20.5 Å². The highest BCUT2D eigenvalue weighted by Gasteiger charge is 2.18. The van der Waals surface area contributed by atoms with Crippen molar-refractivity contribution in [3.05, 3.63) is 41.6 Å². The van der Waals surface area contributed by atoms with Crippen LogP contribution in [0, 0.1) is 11.3 Å². The SMILES string of the molecule is CCOc1cc(NC=C(C=CC#N)C(N)=O)c(C(=O)OC)cc1NC(C)=O. The molecule has 0 aliphatic heterocycles. The zero-order valence-corrected chi connectivity index (χ0v) is 15.2. The molecule has 0 aromatic heterocycles. The summed E-state index contributed by atoms with van der Waals surface area (Å²) in [5.41, 5.74) is 5.90. The smallest absolute Gasteiger partial charge is 0.340 e. The number of ether oxygens (including phenoxy) is 2. The maximum atomic E-state index is 12.1. The first-order valence-electron chi connectivity index (χ1n) is 7.83. The topological polar surface area (TPSA) is 144 Å². The minimum absolute atomic E-state index is 0.0104. The van der Waals surface area contributed by atoms with Crippen LogP contribution in [0.5, 0.6) is 5.75 Å². The predicted octanol–water partition coefficient (Wildman–Crippen LogP) is 1.69. The number of hydrogen-bond acceptors (Lipinski definition) is 7. The number of nitrogens with two attached hydrogens (primary N) is 1. The second-order valence-electron chi connectivity index (χ2n) is 5.07. The van der Waals surface area contributed by atoms with Gasteiger partial charge in [0.15, 0.2) is 0 Å². The number of carbonyl (C=O) groups excluding carboxylic acids is 3. The molecule has 1 aromatic carbocycles. The predicted molar refractivity (Wildman–Crippen MR) is 98.9 cm³/mol. The van der Waals surface area contributed by atoms with Crippen molar-refractivity contribution >= 4 is 29.2 Å². The molecular weight excluding hydrogens is 352 g/mol. The van der Waals surface area contributed by atoms with Crippen LogP contribution in [0.25, 0.3) is 0 Å². The molecule has 1 aromatic rings. The molecule has 0 aliphatic carbocycles. The summed E-state index contributed by atoms with van der Waals surface area (Å²) >= 11 is 0. The average Bonchev–Trinajstić information content (AvgIpc) is 2.62. The number of methoxy groups -OCH3 is 1. The van der Waals surface area contributed by atoms with E-state index in [1.807, 2.05) is 0 Å². The Labute approximate surface area is 156 Å². The molecule has 0 heterocycles. The summed E-state index contributed by atoms with van der Waals surface area (Å²) in [7, 11) is 1.21. The van der Waals surface area contributed by atoms with Crippen molar-refractivity contribution < 1.29 is 23.9 Å². The first kappa shape index (κ1) is 21.2. The van der Waals surface area contributed by atoms with Crippen molar-refractivity contribution in [2.45, 2.75) is 13.8 Å². The summed E-state index contributed by atoms with van der Waals surface area (Å²) < 4.78 is 10.2. The number of allylic oxidation sites excluding steroid dienone is 1. The lowest BCUT2D eigenvalue weighted by Crippen LogP contribution is -2.15. The fourth-order valence-electron chi connectivity index (χ4n) is 2.02. The highest BCUT2D eigenvalue weighted by Crippen LogP contribution is 2.32. The molecule has 0 saturated heterocycles. The molecule has 0 spiro atoms. The van der Waals surface area contributed by atoms with Crippen LogP contribution in [0.4, 0.5) is 11.4 Å². The van der Waals surface area contributed by atoms with E-state index in [1.54, 1.807) is 13.0 Å². The Morgan fingerprint density at radius 3 is 2.52 bits per heavy atom. The van der Waals surface area contributed by atoms with E-state index in [0.29, 0.717) is 18.0 Å². The Hall–Kier alpha value is -3.80. The number of nitrogens with one attached hydrogen (secondary N) is 2. The van der Waals surface area contributed by atoms with Crippen LogP contribution >= 0.6 is 0 Å². The number of nitriles is 1. The average molecular weight is 372 g/mol. The molecule has 0 atom stereocenters. The molecule has 0 saturated carbocycles. The maximum Gasteiger partial charge on any atom is 0.340 e. The number of primary amides is 1. The number of anilines is 2. The number of amides is 2. The molecule has 4 N–H and O–H groups in total. The minimum Gasteiger partial charge on any atom is -0.492 e. The fraction of sp³-hybridized carbons (Fsp3) is 0.222. The molecule has 0 fully saturated rings. The first-order valence-corrected chi connectivity index (χ1v) is 7.83. The van der Waals surface area contributed by atoms with Crippen LogP contribution in [0.15, 0.2) is 36.1 Å². The highest BCUT2D eigenvalue weighted by molar-refractivity contribution is 6.01. The van der Waals surface area contributed by atoms with Gasteiger partial charge in [0.05, 0.1) is 42.3 Å². The summed E-state index contributed by atoms with van der Waals surface area (Å²) in [6.07, 6.45) is 3.55. The molecule has 0 aliphatic rings. The van der Waals surface area contributed by atoms with Crippen molar-refractivity contribution in [2.24, 2.45) is 5.73 Å². The molecule has 0 radical (unpaired) electrons. The van der Waals surface area contributed by atoms with Crippen molar-refractivity contribution in [3.63, 3.8) is 0 Å². The van der Waals surface area contributed by atoms with Gasteiger partial charge in [0.25, 0.3) is 0 Å². The molecule has 0 unspecified atom stereocenters. The normalized spacial score (nSPS) is 10.8. The van der Waals surface area contributed by atoms with Crippen molar-refractivity contribution in [2.75, 3.05) is 24.4 Å². The van der Waals surface area contributed by atoms with Crippen LogP contribution in [-0.4, -0.2) is 31.5 Å². The van der Waals surface area contributed by atoms with Crippen LogP contribution in [-0.2, 0) is 14.3 Å². The lowest BCUT2D eigenvalue weighted by atomic mass is 10.1. The van der Waals surface area contributed by atoms with E-state index in [2.05, 4.69) is 10.6 Å². The number of nitrogens with zero attached hydrogens (tertiary/aromatic N) is 1. The van der Waals surface area contributed by atoms with E-state index in [-0.39, 0.29) is 22.7 Å². The van der Waals surface area contributed by atoms with E-state index in [1.165, 1.54) is 38.4 Å². The number of esters is 1. The van der Waals surface area contributed by atoms with E-state index in [9.17, 15) is 14.4 Å². The first-order chi connectivity index (χ1) is 12.8. The number of rotatable bonds is 8. The van der Waals surface area contributed by atoms with Gasteiger partial charge in [-0.3, -0.25) is 9.59 Å². The summed E-state index contributed by atoms with van der Waals surface area (Å²) in [5, 5.41) is 13.9. The molecule has 27 heavy (non-hydrogen) atoms. The van der Waals surface area contributed by atoms with Crippen molar-refractivity contribution in [1.29, 1.82) is 5.26 Å². The van der Waals surface area contributed by atoms with Gasteiger partial charge in [0.2, 0.25) is 11.8 Å². The Morgan fingerprint density at radius 2 is 2.00 bits per heavy atom. The maximum absolute atomic E-state index is 12.1. The third kappa shape index (κ3) is 6.21. The Kier molecular flexibility index (Phi) is 8.06. The molecule has 2 amide bonds. The number of benzene rings is 1. The fourth-order valence-corrected chi connectivity index (χ4v) is 2.02. The van der Waals surface area contributed by atoms with Crippen LogP contribution < -0.4 is 21.1 Å². The third-order valence-electron chi connectivity index (χ3n) is 3.14. The molecule has 142 valence electrons. The largest absolute Gasteiger partial charge is 0.492 e. The van der Waals surface area contributed by atoms with Gasteiger partial charge in [0.1, 0.15) is 5.75 Å². The molecule has 9 nitrogen and oxygen atoms in total. The second-order valence-corrected chi connectivity index (χ2v) is 5.07. The second kappa shape index (κ2) is 10.2. The van der Waals surface area contributed by atoms with Gasteiger partial charge in [-0.15, -0.1) is 0 Å². The monoisotopic (exact) mass is 372 g/mol. The van der Waals surface area contributed by atoms with Gasteiger partial charge < -0.3 is 25.8 Å². The zero-order chi connectivity index (χ0) is 20.4. The quantitative estimate of drug-likeness (QED) is 0.273. The van der Waals surface area contributed by atoms with Crippen LogP contribution in [0.1, 0.15) is 24.2 Å². The van der Waals surface area contributed by atoms with E-state index >= 15 is 0 Å².